The molecule has 0 aromatic heterocycles. The van der Waals surface area contributed by atoms with E-state index < -0.39 is 5.54 Å². The van der Waals surface area contributed by atoms with E-state index in [1.807, 2.05) is 0 Å². The number of hydrogen-bond acceptors (Lipinski definition) is 3. The second kappa shape index (κ2) is 3.72. The summed E-state index contributed by atoms with van der Waals surface area (Å²) in [5, 5.41) is 0. The molecule has 0 radical (unpaired) electrons. The van der Waals surface area contributed by atoms with Crippen LogP contribution in [-0.4, -0.2) is 13.2 Å². The van der Waals surface area contributed by atoms with E-state index in [0.717, 1.165) is 5.56 Å². The first kappa shape index (κ1) is 10.8. The second-order valence-corrected chi connectivity index (χ2v) is 4.04. The van der Waals surface area contributed by atoms with Gasteiger partial charge in [-0.1, -0.05) is 0 Å². The molecule has 0 heterocycles. The molecule has 1 aliphatic rings. The summed E-state index contributed by atoms with van der Waals surface area (Å²) in [7, 11) is 1.53. The van der Waals surface area contributed by atoms with Gasteiger partial charge in [0, 0.05) is 5.56 Å². The Morgan fingerprint density at radius 2 is 2.19 bits per heavy atom. The van der Waals surface area contributed by atoms with E-state index in [9.17, 15) is 9.18 Å². The third-order valence-corrected chi connectivity index (χ3v) is 2.97. The maximum Gasteiger partial charge on any atom is 0.235 e. The molecule has 1 aromatic carbocycles. The van der Waals surface area contributed by atoms with Gasteiger partial charge in [-0.05, 0) is 37.5 Å². The SMILES string of the molecule is COc1cc(C2(N=C=O)CC2)c(F)cc1C. The zero-order valence-electron chi connectivity index (χ0n) is 9.21. The number of aliphatic imine (C=N–C) groups is 1. The molecule has 2 rings (SSSR count). The second-order valence-electron chi connectivity index (χ2n) is 4.04. The Balaban J connectivity index is 2.53. The van der Waals surface area contributed by atoms with Gasteiger partial charge in [-0.15, -0.1) is 0 Å². The molecule has 0 atom stereocenters. The normalized spacial score (nSPS) is 16.4. The first-order valence-electron chi connectivity index (χ1n) is 5.06. The molecule has 0 aliphatic heterocycles. The summed E-state index contributed by atoms with van der Waals surface area (Å²) in [6, 6.07) is 3.03. The molecule has 1 aliphatic carbocycles. The average Bonchev–Trinajstić information content (AvgIpc) is 2.99. The monoisotopic (exact) mass is 221 g/mol. The lowest BCUT2D eigenvalue weighted by atomic mass is 10.0. The lowest BCUT2D eigenvalue weighted by Crippen LogP contribution is -2.06. The van der Waals surface area contributed by atoms with Crippen molar-refractivity contribution in [1.82, 2.24) is 0 Å². The number of methoxy groups -OCH3 is 1. The van der Waals surface area contributed by atoms with E-state index in [0.29, 0.717) is 24.2 Å². The number of aryl methyl sites for hydroxylation is 1. The minimum atomic E-state index is -0.688. The maximum atomic E-state index is 13.8. The number of rotatable bonds is 3. The summed E-state index contributed by atoms with van der Waals surface area (Å²) in [5.41, 5.74) is 0.472. The molecule has 84 valence electrons. The van der Waals surface area contributed by atoms with Gasteiger partial charge in [0.2, 0.25) is 6.08 Å². The Hall–Kier alpha value is -1.67. The Morgan fingerprint density at radius 3 is 2.69 bits per heavy atom. The molecule has 0 amide bonds. The van der Waals surface area contributed by atoms with Gasteiger partial charge < -0.3 is 4.74 Å². The fraction of sp³-hybridized carbons (Fsp3) is 0.417. The molecule has 16 heavy (non-hydrogen) atoms. The van der Waals surface area contributed by atoms with Gasteiger partial charge in [-0.25, -0.2) is 9.18 Å². The third-order valence-electron chi connectivity index (χ3n) is 2.97. The van der Waals surface area contributed by atoms with Crippen LogP contribution in [0.2, 0.25) is 0 Å². The standard InChI is InChI=1S/C12H12FNO2/c1-8-5-10(13)9(6-11(8)16-2)12(3-4-12)14-7-15/h5-6H,3-4H2,1-2H3. The molecule has 1 aromatic rings. The van der Waals surface area contributed by atoms with Crippen LogP contribution >= 0.6 is 0 Å². The molecule has 0 bridgehead atoms. The van der Waals surface area contributed by atoms with E-state index in [-0.39, 0.29) is 5.82 Å². The zero-order chi connectivity index (χ0) is 11.8. The molecule has 0 spiro atoms. The van der Waals surface area contributed by atoms with Crippen molar-refractivity contribution in [2.45, 2.75) is 25.3 Å². The molecule has 0 N–H and O–H groups in total. The van der Waals surface area contributed by atoms with Crippen LogP contribution < -0.4 is 4.74 Å². The van der Waals surface area contributed by atoms with Crippen molar-refractivity contribution in [2.75, 3.05) is 7.11 Å². The first-order chi connectivity index (χ1) is 7.63. The molecule has 1 fully saturated rings. The topological polar surface area (TPSA) is 38.7 Å². The highest BCUT2D eigenvalue weighted by Gasteiger charge is 2.47. The van der Waals surface area contributed by atoms with Crippen molar-refractivity contribution >= 4 is 6.08 Å². The maximum absolute atomic E-state index is 13.8. The van der Waals surface area contributed by atoms with Gasteiger partial charge in [0.25, 0.3) is 0 Å². The number of ether oxygens (including phenoxy) is 1. The molecule has 0 unspecified atom stereocenters. The van der Waals surface area contributed by atoms with Crippen LogP contribution in [0.25, 0.3) is 0 Å². The highest BCUT2D eigenvalue weighted by Crippen LogP contribution is 2.51. The summed E-state index contributed by atoms with van der Waals surface area (Å²) >= 11 is 0. The Labute approximate surface area is 93.0 Å². The molecule has 1 saturated carbocycles. The number of hydrogen-bond donors (Lipinski definition) is 0. The Kier molecular flexibility index (Phi) is 2.52. The van der Waals surface area contributed by atoms with Crippen molar-refractivity contribution in [3.05, 3.63) is 29.1 Å². The number of carbonyl (C=O) groups excluding carboxylic acids is 1. The quantitative estimate of drug-likeness (QED) is 0.581. The van der Waals surface area contributed by atoms with Crippen LogP contribution in [0, 0.1) is 12.7 Å². The van der Waals surface area contributed by atoms with Gasteiger partial charge in [0.15, 0.2) is 0 Å². The number of isocyanates is 1. The van der Waals surface area contributed by atoms with Crippen molar-refractivity contribution in [2.24, 2.45) is 4.99 Å². The smallest absolute Gasteiger partial charge is 0.235 e. The van der Waals surface area contributed by atoms with Gasteiger partial charge in [-0.2, -0.15) is 4.99 Å². The van der Waals surface area contributed by atoms with Crippen molar-refractivity contribution in [1.29, 1.82) is 0 Å². The predicted octanol–water partition coefficient (Wildman–Crippen LogP) is 2.47. The Morgan fingerprint density at radius 1 is 1.50 bits per heavy atom. The summed E-state index contributed by atoms with van der Waals surface area (Å²) in [6.07, 6.45) is 2.89. The highest BCUT2D eigenvalue weighted by atomic mass is 19.1. The van der Waals surface area contributed by atoms with Crippen LogP contribution in [0.5, 0.6) is 5.75 Å². The molecule has 4 heteroatoms. The van der Waals surface area contributed by atoms with Gasteiger partial charge in [0.1, 0.15) is 17.1 Å². The first-order valence-corrected chi connectivity index (χ1v) is 5.06. The summed E-state index contributed by atoms with van der Waals surface area (Å²) in [4.78, 5) is 14.0. The third kappa shape index (κ3) is 1.61. The van der Waals surface area contributed by atoms with Crippen LogP contribution in [0.15, 0.2) is 17.1 Å². The minimum Gasteiger partial charge on any atom is -0.496 e. The van der Waals surface area contributed by atoms with Crippen LogP contribution in [0.4, 0.5) is 4.39 Å². The fourth-order valence-corrected chi connectivity index (χ4v) is 1.88. The van der Waals surface area contributed by atoms with Crippen molar-refractivity contribution < 1.29 is 13.9 Å². The van der Waals surface area contributed by atoms with Crippen molar-refractivity contribution in [3.63, 3.8) is 0 Å². The van der Waals surface area contributed by atoms with Crippen LogP contribution in [0.1, 0.15) is 24.0 Å². The molecular weight excluding hydrogens is 209 g/mol. The summed E-state index contributed by atoms with van der Waals surface area (Å²) in [6.45, 7) is 1.77. The number of nitrogens with zero attached hydrogens (tertiary/aromatic N) is 1. The largest absolute Gasteiger partial charge is 0.496 e. The van der Waals surface area contributed by atoms with E-state index in [4.69, 9.17) is 4.74 Å². The zero-order valence-corrected chi connectivity index (χ0v) is 9.21. The minimum absolute atomic E-state index is 0.338. The van der Waals surface area contributed by atoms with Gasteiger partial charge in [-0.3, -0.25) is 0 Å². The highest BCUT2D eigenvalue weighted by molar-refractivity contribution is 5.46. The fourth-order valence-electron chi connectivity index (χ4n) is 1.88. The summed E-state index contributed by atoms with van der Waals surface area (Å²) < 4.78 is 18.9. The number of halogens is 1. The number of benzene rings is 1. The van der Waals surface area contributed by atoms with Gasteiger partial charge in [0.05, 0.1) is 7.11 Å². The van der Waals surface area contributed by atoms with Crippen LogP contribution in [-0.2, 0) is 10.3 Å². The van der Waals surface area contributed by atoms with E-state index in [2.05, 4.69) is 4.99 Å². The lowest BCUT2D eigenvalue weighted by Gasteiger charge is -2.13. The lowest BCUT2D eigenvalue weighted by molar-refractivity contribution is 0.408. The van der Waals surface area contributed by atoms with Crippen LogP contribution in [0.3, 0.4) is 0 Å². The predicted molar refractivity (Wildman–Crippen MR) is 56.7 cm³/mol. The molecule has 3 nitrogen and oxygen atoms in total. The van der Waals surface area contributed by atoms with E-state index in [1.54, 1.807) is 13.0 Å². The Bertz CT molecular complexity index is 474. The van der Waals surface area contributed by atoms with Gasteiger partial charge >= 0.3 is 0 Å². The molecule has 0 saturated heterocycles. The van der Waals surface area contributed by atoms with Crippen molar-refractivity contribution in [3.8, 4) is 5.75 Å². The van der Waals surface area contributed by atoms with E-state index in [1.165, 1.54) is 19.3 Å². The molecular formula is C12H12FNO2. The summed E-state index contributed by atoms with van der Waals surface area (Å²) in [5.74, 6) is 0.276. The van der Waals surface area contributed by atoms with E-state index >= 15 is 0 Å². The average molecular weight is 221 g/mol.